The molecule has 2 aromatic heterocycles. The molecule has 3 aliphatic rings. The topological polar surface area (TPSA) is 89.1 Å². The molecular weight excluding hydrogens is 514 g/mol. The standard InChI is InChI=1S/C23H23BrClN3O5/c24-18-20-15(26-23(18)33-17-11-32-21-16(29)10-31-22(17)21)9-14(25)19(27-20)12-1-3-13(4-2-12)28-5-7-30-8-6-28/h1-4,9,16-17,21-22,26,29H,5-8,10-11H2/t16-,17-,21?,22?/m1/s1. The van der Waals surface area contributed by atoms with Gasteiger partial charge in [0.1, 0.15) is 28.3 Å². The Bertz CT molecular complexity index is 1170. The van der Waals surface area contributed by atoms with Crippen molar-refractivity contribution in [3.8, 4) is 17.1 Å². The van der Waals surface area contributed by atoms with Crippen LogP contribution in [0.1, 0.15) is 0 Å². The van der Waals surface area contributed by atoms with Gasteiger partial charge >= 0.3 is 0 Å². The molecule has 0 spiro atoms. The Labute approximate surface area is 203 Å². The van der Waals surface area contributed by atoms with Crippen LogP contribution in [0, 0.1) is 0 Å². The van der Waals surface area contributed by atoms with E-state index in [9.17, 15) is 5.11 Å². The average Bonchev–Trinajstić information content (AvgIpc) is 3.50. The number of aromatic amines is 1. The fraction of sp³-hybridized carbons (Fsp3) is 0.435. The monoisotopic (exact) mass is 535 g/mol. The fourth-order valence-corrected chi connectivity index (χ4v) is 5.42. The largest absolute Gasteiger partial charge is 0.469 e. The van der Waals surface area contributed by atoms with Crippen LogP contribution in [-0.2, 0) is 14.2 Å². The lowest BCUT2D eigenvalue weighted by molar-refractivity contribution is 0.00780. The van der Waals surface area contributed by atoms with Crippen LogP contribution in [0.4, 0.5) is 5.69 Å². The molecule has 1 aromatic carbocycles. The highest BCUT2D eigenvalue weighted by molar-refractivity contribution is 9.10. The summed E-state index contributed by atoms with van der Waals surface area (Å²) in [7, 11) is 0. The predicted octanol–water partition coefficient (Wildman–Crippen LogP) is 3.39. The van der Waals surface area contributed by atoms with Crippen LogP contribution in [0.3, 0.4) is 0 Å². The first kappa shape index (κ1) is 21.6. The lowest BCUT2D eigenvalue weighted by atomic mass is 10.1. The summed E-state index contributed by atoms with van der Waals surface area (Å²) >= 11 is 10.2. The average molecular weight is 537 g/mol. The molecule has 3 saturated heterocycles. The quantitative estimate of drug-likeness (QED) is 0.528. The van der Waals surface area contributed by atoms with E-state index in [1.807, 2.05) is 18.2 Å². The third-order valence-electron chi connectivity index (χ3n) is 6.40. The maximum Gasteiger partial charge on any atom is 0.208 e. The van der Waals surface area contributed by atoms with Gasteiger partial charge in [-0.2, -0.15) is 0 Å². The van der Waals surface area contributed by atoms with Crippen molar-refractivity contribution in [2.75, 3.05) is 44.4 Å². The van der Waals surface area contributed by atoms with E-state index >= 15 is 0 Å². The number of hydrogen-bond acceptors (Lipinski definition) is 7. The number of morpholine rings is 1. The van der Waals surface area contributed by atoms with E-state index < -0.39 is 6.10 Å². The number of hydrogen-bond donors (Lipinski definition) is 2. The van der Waals surface area contributed by atoms with Crippen LogP contribution in [0.2, 0.25) is 5.02 Å². The molecule has 5 heterocycles. The van der Waals surface area contributed by atoms with Crippen LogP contribution in [-0.4, -0.2) is 79.0 Å². The van der Waals surface area contributed by atoms with Gasteiger partial charge < -0.3 is 33.9 Å². The third kappa shape index (κ3) is 3.90. The van der Waals surface area contributed by atoms with E-state index in [-0.39, 0.29) is 24.9 Å². The van der Waals surface area contributed by atoms with E-state index in [2.05, 4.69) is 37.9 Å². The molecule has 10 heteroatoms. The van der Waals surface area contributed by atoms with Crippen molar-refractivity contribution in [2.24, 2.45) is 0 Å². The van der Waals surface area contributed by atoms with Gasteiger partial charge in [-0.25, -0.2) is 4.98 Å². The molecule has 0 saturated carbocycles. The van der Waals surface area contributed by atoms with Crippen molar-refractivity contribution in [3.63, 3.8) is 0 Å². The zero-order chi connectivity index (χ0) is 22.5. The number of nitrogens with one attached hydrogen (secondary N) is 1. The SMILES string of the molecule is O[C@@H]1COC2C1OC[C@H]2Oc1[nH]c2cc(Cl)c(-c3ccc(N4CCOCC4)cc3)nc2c1Br. The molecule has 6 rings (SSSR count). The Morgan fingerprint density at radius 2 is 1.88 bits per heavy atom. The summed E-state index contributed by atoms with van der Waals surface area (Å²) in [5.41, 5.74) is 4.29. The van der Waals surface area contributed by atoms with Crippen LogP contribution < -0.4 is 9.64 Å². The van der Waals surface area contributed by atoms with Gasteiger partial charge in [-0.15, -0.1) is 0 Å². The Balaban J connectivity index is 1.27. The van der Waals surface area contributed by atoms with Crippen molar-refractivity contribution in [2.45, 2.75) is 24.4 Å². The molecule has 4 atom stereocenters. The molecular formula is C23H23BrClN3O5. The van der Waals surface area contributed by atoms with Gasteiger partial charge in [-0.1, -0.05) is 23.7 Å². The Morgan fingerprint density at radius 3 is 2.67 bits per heavy atom. The third-order valence-corrected chi connectivity index (χ3v) is 7.42. The first-order valence-electron chi connectivity index (χ1n) is 11.0. The second kappa shape index (κ2) is 8.72. The van der Waals surface area contributed by atoms with Crippen molar-refractivity contribution >= 4 is 44.3 Å². The molecule has 8 nitrogen and oxygen atoms in total. The molecule has 0 aliphatic carbocycles. The number of H-pyrrole nitrogens is 1. The highest BCUT2D eigenvalue weighted by atomic mass is 79.9. The molecule has 0 radical (unpaired) electrons. The van der Waals surface area contributed by atoms with Gasteiger partial charge in [-0.05, 0) is 34.1 Å². The van der Waals surface area contributed by atoms with Crippen molar-refractivity contribution in [1.29, 1.82) is 0 Å². The molecule has 3 fully saturated rings. The van der Waals surface area contributed by atoms with Crippen molar-refractivity contribution in [1.82, 2.24) is 9.97 Å². The van der Waals surface area contributed by atoms with Gasteiger partial charge in [-0.3, -0.25) is 0 Å². The van der Waals surface area contributed by atoms with Gasteiger partial charge in [0.2, 0.25) is 5.88 Å². The number of aromatic nitrogens is 2. The summed E-state index contributed by atoms with van der Waals surface area (Å²) in [5.74, 6) is 0.535. The van der Waals surface area contributed by atoms with E-state index in [1.54, 1.807) is 0 Å². The Hall–Kier alpha value is -1.88. The number of ether oxygens (including phenoxy) is 4. The van der Waals surface area contributed by atoms with E-state index in [0.717, 1.165) is 48.6 Å². The zero-order valence-corrected chi connectivity index (χ0v) is 20.0. The molecule has 174 valence electrons. The molecule has 33 heavy (non-hydrogen) atoms. The van der Waals surface area contributed by atoms with E-state index in [4.69, 9.17) is 35.5 Å². The second-order valence-electron chi connectivity index (χ2n) is 8.45. The maximum atomic E-state index is 9.96. The van der Waals surface area contributed by atoms with Gasteiger partial charge in [0.05, 0.1) is 42.7 Å². The van der Waals surface area contributed by atoms with Gasteiger partial charge in [0, 0.05) is 24.3 Å². The Kier molecular flexibility index (Phi) is 5.72. The normalized spacial score (nSPS) is 27.3. The molecule has 2 N–H and O–H groups in total. The first-order valence-corrected chi connectivity index (χ1v) is 12.1. The summed E-state index contributed by atoms with van der Waals surface area (Å²) in [5, 5.41) is 10.5. The summed E-state index contributed by atoms with van der Waals surface area (Å²) < 4.78 is 23.6. The van der Waals surface area contributed by atoms with Gasteiger partial charge in [0.25, 0.3) is 0 Å². The summed E-state index contributed by atoms with van der Waals surface area (Å²) in [6.45, 7) is 3.89. The predicted molar refractivity (Wildman–Crippen MR) is 127 cm³/mol. The minimum absolute atomic E-state index is 0.258. The lowest BCUT2D eigenvalue weighted by Crippen LogP contribution is -2.36. The molecule has 3 aromatic rings. The number of aliphatic hydroxyl groups is 1. The minimum atomic E-state index is -0.618. The van der Waals surface area contributed by atoms with E-state index in [0.29, 0.717) is 27.7 Å². The fourth-order valence-electron chi connectivity index (χ4n) is 4.67. The summed E-state index contributed by atoms with van der Waals surface area (Å²) in [4.78, 5) is 10.4. The smallest absolute Gasteiger partial charge is 0.208 e. The molecule has 2 unspecified atom stereocenters. The van der Waals surface area contributed by atoms with Crippen molar-refractivity contribution < 1.29 is 24.1 Å². The van der Waals surface area contributed by atoms with Crippen LogP contribution in [0.15, 0.2) is 34.8 Å². The minimum Gasteiger partial charge on any atom is -0.469 e. The molecule has 0 amide bonds. The number of halogens is 2. The van der Waals surface area contributed by atoms with Crippen LogP contribution in [0.5, 0.6) is 5.88 Å². The maximum absolute atomic E-state index is 9.96. The highest BCUT2D eigenvalue weighted by Gasteiger charge is 2.48. The summed E-state index contributed by atoms with van der Waals surface area (Å²) in [6, 6.07) is 10.1. The highest BCUT2D eigenvalue weighted by Crippen LogP contribution is 2.39. The first-order chi connectivity index (χ1) is 16.1. The Morgan fingerprint density at radius 1 is 1.12 bits per heavy atom. The number of fused-ring (bicyclic) bond motifs is 2. The number of benzene rings is 1. The number of aliphatic hydroxyl groups excluding tert-OH is 1. The van der Waals surface area contributed by atoms with Crippen LogP contribution >= 0.6 is 27.5 Å². The summed E-state index contributed by atoms with van der Waals surface area (Å²) in [6.07, 6.45) is -1.58. The number of pyridine rings is 1. The molecule has 3 aliphatic heterocycles. The zero-order valence-electron chi connectivity index (χ0n) is 17.7. The van der Waals surface area contributed by atoms with Gasteiger partial charge in [0.15, 0.2) is 6.10 Å². The number of anilines is 1. The number of rotatable bonds is 4. The van der Waals surface area contributed by atoms with Crippen LogP contribution in [0.25, 0.3) is 22.3 Å². The second-order valence-corrected chi connectivity index (χ2v) is 9.65. The lowest BCUT2D eigenvalue weighted by Gasteiger charge is -2.28. The van der Waals surface area contributed by atoms with E-state index in [1.165, 1.54) is 0 Å². The number of nitrogens with zero attached hydrogens (tertiary/aromatic N) is 2. The molecule has 0 bridgehead atoms. The van der Waals surface area contributed by atoms with Crippen molar-refractivity contribution in [3.05, 3.63) is 39.8 Å².